The summed E-state index contributed by atoms with van der Waals surface area (Å²) in [5.41, 5.74) is -0.372. The second-order valence-corrected chi connectivity index (χ2v) is 4.90. The normalized spacial score (nSPS) is 21.7. The van der Waals surface area contributed by atoms with E-state index in [4.69, 9.17) is 4.74 Å². The second kappa shape index (κ2) is 4.20. The predicted octanol–water partition coefficient (Wildman–Crippen LogP) is 2.80. The maximum absolute atomic E-state index is 11.6. The van der Waals surface area contributed by atoms with Crippen molar-refractivity contribution in [1.29, 1.82) is 0 Å². The zero-order valence-electron chi connectivity index (χ0n) is 9.67. The molecule has 0 aromatic carbocycles. The van der Waals surface area contributed by atoms with Crippen LogP contribution in [0.3, 0.4) is 0 Å². The van der Waals surface area contributed by atoms with Crippen LogP contribution in [0.15, 0.2) is 0 Å². The fraction of sp³-hybridized carbons (Fsp3) is 0.909. The van der Waals surface area contributed by atoms with Gasteiger partial charge >= 0.3 is 6.09 Å². The topological polar surface area (TPSA) is 29.5 Å². The summed E-state index contributed by atoms with van der Waals surface area (Å²) in [6.07, 6.45) is 3.21. The molecule has 1 rings (SSSR count). The molecule has 0 aromatic rings. The molecule has 1 unspecified atom stereocenters. The van der Waals surface area contributed by atoms with Crippen molar-refractivity contribution in [2.75, 3.05) is 6.54 Å². The molecule has 1 aliphatic heterocycles. The highest BCUT2D eigenvalue weighted by molar-refractivity contribution is 5.69. The van der Waals surface area contributed by atoms with Crippen LogP contribution < -0.4 is 0 Å². The molecular formula is C11H21NO2. The number of hydrogen-bond acceptors (Lipinski definition) is 2. The van der Waals surface area contributed by atoms with Gasteiger partial charge in [0.1, 0.15) is 5.60 Å². The van der Waals surface area contributed by atoms with E-state index in [9.17, 15) is 4.79 Å². The molecule has 0 bridgehead atoms. The Labute approximate surface area is 86.4 Å². The average Bonchev–Trinajstić information content (AvgIpc) is 1.93. The van der Waals surface area contributed by atoms with Crippen molar-refractivity contribution in [3.63, 3.8) is 0 Å². The minimum Gasteiger partial charge on any atom is -0.444 e. The lowest BCUT2D eigenvalue weighted by molar-refractivity contribution is -0.00671. The summed E-state index contributed by atoms with van der Waals surface area (Å²) in [4.78, 5) is 13.5. The van der Waals surface area contributed by atoms with Crippen LogP contribution >= 0.6 is 0 Å². The molecule has 1 fully saturated rings. The summed E-state index contributed by atoms with van der Waals surface area (Å²) in [5.74, 6) is 0. The van der Waals surface area contributed by atoms with Crippen LogP contribution in [0.1, 0.15) is 47.0 Å². The molecule has 0 N–H and O–H groups in total. The van der Waals surface area contributed by atoms with Gasteiger partial charge in [0.05, 0.1) is 0 Å². The van der Waals surface area contributed by atoms with Crippen LogP contribution in [0, 0.1) is 0 Å². The second-order valence-electron chi connectivity index (χ2n) is 4.90. The van der Waals surface area contributed by atoms with E-state index in [1.807, 2.05) is 25.7 Å². The summed E-state index contributed by atoms with van der Waals surface area (Å²) in [5, 5.41) is 0. The molecule has 1 saturated heterocycles. The summed E-state index contributed by atoms with van der Waals surface area (Å²) in [7, 11) is 0. The van der Waals surface area contributed by atoms with Crippen molar-refractivity contribution >= 4 is 6.09 Å². The number of carbonyl (C=O) groups is 1. The highest BCUT2D eigenvalue weighted by Crippen LogP contribution is 2.24. The number of amides is 1. The van der Waals surface area contributed by atoms with Gasteiger partial charge in [0.15, 0.2) is 0 Å². The predicted molar refractivity (Wildman–Crippen MR) is 56.3 cm³/mol. The Hall–Kier alpha value is -0.730. The monoisotopic (exact) mass is 199 g/mol. The summed E-state index contributed by atoms with van der Waals surface area (Å²) < 4.78 is 5.31. The van der Waals surface area contributed by atoms with E-state index in [-0.39, 0.29) is 11.7 Å². The molecule has 0 radical (unpaired) electrons. The molecule has 0 aromatic heterocycles. The zero-order valence-corrected chi connectivity index (χ0v) is 9.67. The average molecular weight is 199 g/mol. The molecule has 0 aliphatic carbocycles. The van der Waals surface area contributed by atoms with Crippen LogP contribution in [0.5, 0.6) is 0 Å². The van der Waals surface area contributed by atoms with Gasteiger partial charge in [-0.2, -0.15) is 0 Å². The SMILES string of the molecule is CCCC1CCN1C(=O)OC(C)(C)C. The fourth-order valence-corrected chi connectivity index (χ4v) is 1.64. The van der Waals surface area contributed by atoms with Gasteiger partial charge in [0.25, 0.3) is 0 Å². The lowest BCUT2D eigenvalue weighted by Crippen LogP contribution is -2.52. The standard InChI is InChI=1S/C11H21NO2/c1-5-6-9-7-8-12(9)10(13)14-11(2,3)4/h9H,5-8H2,1-4H3. The van der Waals surface area contributed by atoms with Gasteiger partial charge in [-0.15, -0.1) is 0 Å². The quantitative estimate of drug-likeness (QED) is 0.684. The van der Waals surface area contributed by atoms with Gasteiger partial charge in [-0.05, 0) is 33.6 Å². The van der Waals surface area contributed by atoms with Gasteiger partial charge in [0.2, 0.25) is 0 Å². The van der Waals surface area contributed by atoms with E-state index in [2.05, 4.69) is 6.92 Å². The lowest BCUT2D eigenvalue weighted by atomic mass is 9.99. The Bertz CT molecular complexity index is 208. The minimum absolute atomic E-state index is 0.151. The van der Waals surface area contributed by atoms with Gasteiger partial charge in [-0.25, -0.2) is 4.79 Å². The highest BCUT2D eigenvalue weighted by atomic mass is 16.6. The maximum Gasteiger partial charge on any atom is 0.410 e. The van der Waals surface area contributed by atoms with E-state index in [0.717, 1.165) is 25.8 Å². The van der Waals surface area contributed by atoms with Crippen molar-refractivity contribution in [3.05, 3.63) is 0 Å². The smallest absolute Gasteiger partial charge is 0.410 e. The molecule has 1 atom stereocenters. The molecule has 1 aliphatic rings. The van der Waals surface area contributed by atoms with Gasteiger partial charge in [-0.1, -0.05) is 13.3 Å². The van der Waals surface area contributed by atoms with Crippen LogP contribution in [0.25, 0.3) is 0 Å². The van der Waals surface area contributed by atoms with Crippen molar-refractivity contribution in [1.82, 2.24) is 4.90 Å². The molecule has 3 heteroatoms. The number of rotatable bonds is 2. The Kier molecular flexibility index (Phi) is 3.40. The summed E-state index contributed by atoms with van der Waals surface area (Å²) >= 11 is 0. The van der Waals surface area contributed by atoms with Crippen molar-refractivity contribution < 1.29 is 9.53 Å². The van der Waals surface area contributed by atoms with Crippen molar-refractivity contribution in [2.24, 2.45) is 0 Å². The largest absolute Gasteiger partial charge is 0.444 e. The fourth-order valence-electron chi connectivity index (χ4n) is 1.64. The summed E-state index contributed by atoms with van der Waals surface area (Å²) in [6, 6.07) is 0.426. The molecule has 3 nitrogen and oxygen atoms in total. The van der Waals surface area contributed by atoms with Crippen LogP contribution in [-0.2, 0) is 4.74 Å². The Morgan fingerprint density at radius 1 is 1.50 bits per heavy atom. The van der Waals surface area contributed by atoms with Crippen LogP contribution in [0.4, 0.5) is 4.79 Å². The van der Waals surface area contributed by atoms with Gasteiger partial charge < -0.3 is 9.64 Å². The van der Waals surface area contributed by atoms with Crippen molar-refractivity contribution in [2.45, 2.75) is 58.6 Å². The Morgan fingerprint density at radius 2 is 2.14 bits per heavy atom. The third-order valence-electron chi connectivity index (χ3n) is 2.39. The maximum atomic E-state index is 11.6. The Balaban J connectivity index is 2.38. The highest BCUT2D eigenvalue weighted by Gasteiger charge is 2.34. The first-order valence-electron chi connectivity index (χ1n) is 5.43. The third-order valence-corrected chi connectivity index (χ3v) is 2.39. The first kappa shape index (κ1) is 11.3. The molecule has 1 amide bonds. The first-order chi connectivity index (χ1) is 6.44. The zero-order chi connectivity index (χ0) is 10.8. The number of carbonyl (C=O) groups excluding carboxylic acids is 1. The van der Waals surface area contributed by atoms with Crippen LogP contribution in [-0.4, -0.2) is 29.2 Å². The number of nitrogens with zero attached hydrogens (tertiary/aromatic N) is 1. The molecule has 14 heavy (non-hydrogen) atoms. The first-order valence-corrected chi connectivity index (χ1v) is 5.43. The van der Waals surface area contributed by atoms with Gasteiger partial charge in [-0.3, -0.25) is 0 Å². The van der Waals surface area contributed by atoms with Gasteiger partial charge in [0, 0.05) is 12.6 Å². The number of ether oxygens (including phenoxy) is 1. The molecule has 82 valence electrons. The molecule has 0 spiro atoms. The van der Waals surface area contributed by atoms with Crippen molar-refractivity contribution in [3.8, 4) is 0 Å². The van der Waals surface area contributed by atoms with E-state index >= 15 is 0 Å². The number of hydrogen-bond donors (Lipinski definition) is 0. The molecule has 0 saturated carbocycles. The number of likely N-dealkylation sites (tertiary alicyclic amines) is 1. The minimum atomic E-state index is -0.372. The van der Waals surface area contributed by atoms with E-state index in [1.54, 1.807) is 0 Å². The molecular weight excluding hydrogens is 178 g/mol. The van der Waals surface area contributed by atoms with E-state index in [0.29, 0.717) is 6.04 Å². The summed E-state index contributed by atoms with van der Waals surface area (Å²) in [6.45, 7) is 8.71. The molecule has 1 heterocycles. The Morgan fingerprint density at radius 3 is 2.50 bits per heavy atom. The van der Waals surface area contributed by atoms with E-state index in [1.165, 1.54) is 0 Å². The lowest BCUT2D eigenvalue weighted by Gasteiger charge is -2.41. The van der Waals surface area contributed by atoms with E-state index < -0.39 is 0 Å². The van der Waals surface area contributed by atoms with Crippen LogP contribution in [0.2, 0.25) is 0 Å². The third kappa shape index (κ3) is 2.89.